The Labute approximate surface area is 92.9 Å². The summed E-state index contributed by atoms with van der Waals surface area (Å²) in [4.78, 5) is 0. The Balaban J connectivity index is 1.90. The van der Waals surface area contributed by atoms with Crippen molar-refractivity contribution < 1.29 is 0 Å². The topological polar surface area (TPSA) is 0 Å². The molecule has 0 aromatic rings. The lowest BCUT2D eigenvalue weighted by molar-refractivity contribution is 0.659. The molecular formula is C13H22S. The fourth-order valence-corrected chi connectivity index (χ4v) is 2.69. The molecule has 0 spiro atoms. The van der Waals surface area contributed by atoms with E-state index in [2.05, 4.69) is 43.0 Å². The number of hydrogen-bond donors (Lipinski definition) is 0. The normalized spacial score (nSPS) is 16.4. The number of hydrogen-bond acceptors (Lipinski definition) is 1. The summed E-state index contributed by atoms with van der Waals surface area (Å²) >= 11 is 2.08. The van der Waals surface area contributed by atoms with Gasteiger partial charge in [-0.05, 0) is 18.6 Å². The standard InChI is InChI=1S/C13H22S/c1-2-3-4-5-9-12-14-13-10-7-6-8-11-13/h7-8,10-11,13H,2-6,9,12H2,1H3. The van der Waals surface area contributed by atoms with Crippen LogP contribution in [0.3, 0.4) is 0 Å². The Bertz CT molecular complexity index is 170. The predicted molar refractivity (Wildman–Crippen MR) is 67.9 cm³/mol. The average Bonchev–Trinajstić information content (AvgIpc) is 2.25. The van der Waals surface area contributed by atoms with Crippen LogP contribution in [0, 0.1) is 0 Å². The smallest absolute Gasteiger partial charge is 0.0407 e. The maximum Gasteiger partial charge on any atom is 0.0407 e. The van der Waals surface area contributed by atoms with Gasteiger partial charge in [-0.15, -0.1) is 0 Å². The van der Waals surface area contributed by atoms with E-state index in [1.165, 1.54) is 37.9 Å². The highest BCUT2D eigenvalue weighted by atomic mass is 32.2. The lowest BCUT2D eigenvalue weighted by Gasteiger charge is -2.10. The third-order valence-corrected chi connectivity index (χ3v) is 3.71. The van der Waals surface area contributed by atoms with Crippen molar-refractivity contribution in [2.45, 2.75) is 50.7 Å². The van der Waals surface area contributed by atoms with Gasteiger partial charge < -0.3 is 0 Å². The van der Waals surface area contributed by atoms with E-state index in [0.29, 0.717) is 5.25 Å². The third kappa shape index (κ3) is 5.54. The lowest BCUT2D eigenvalue weighted by atomic mass is 10.2. The molecule has 80 valence electrons. The molecule has 0 nitrogen and oxygen atoms in total. The first-order valence-corrected chi connectivity index (χ1v) is 6.93. The number of allylic oxidation sites excluding steroid dienone is 2. The Morgan fingerprint density at radius 2 is 1.79 bits per heavy atom. The molecule has 0 heterocycles. The first-order valence-electron chi connectivity index (χ1n) is 5.88. The van der Waals surface area contributed by atoms with Gasteiger partial charge >= 0.3 is 0 Å². The third-order valence-electron chi connectivity index (χ3n) is 2.48. The highest BCUT2D eigenvalue weighted by Crippen LogP contribution is 2.19. The van der Waals surface area contributed by atoms with Gasteiger partial charge in [-0.3, -0.25) is 0 Å². The molecule has 0 aromatic heterocycles. The molecule has 0 bridgehead atoms. The van der Waals surface area contributed by atoms with Crippen LogP contribution in [0.2, 0.25) is 0 Å². The minimum absolute atomic E-state index is 0.662. The molecule has 0 radical (unpaired) electrons. The van der Waals surface area contributed by atoms with Crippen molar-refractivity contribution in [1.82, 2.24) is 0 Å². The average molecular weight is 210 g/mol. The van der Waals surface area contributed by atoms with E-state index in [1.54, 1.807) is 0 Å². The minimum Gasteiger partial charge on any atom is -0.150 e. The summed E-state index contributed by atoms with van der Waals surface area (Å²) in [6.07, 6.45) is 17.3. The van der Waals surface area contributed by atoms with Crippen LogP contribution in [-0.2, 0) is 0 Å². The highest BCUT2D eigenvalue weighted by molar-refractivity contribution is 8.00. The van der Waals surface area contributed by atoms with Crippen LogP contribution in [-0.4, -0.2) is 11.0 Å². The maximum atomic E-state index is 2.33. The summed E-state index contributed by atoms with van der Waals surface area (Å²) in [6.45, 7) is 2.27. The number of thioether (sulfide) groups is 1. The fraction of sp³-hybridized carbons (Fsp3) is 0.692. The second kappa shape index (κ2) is 8.16. The van der Waals surface area contributed by atoms with Crippen molar-refractivity contribution in [2.75, 3.05) is 5.75 Å². The van der Waals surface area contributed by atoms with Crippen molar-refractivity contribution in [1.29, 1.82) is 0 Å². The molecule has 0 unspecified atom stereocenters. The second-order valence-electron chi connectivity index (χ2n) is 3.84. The van der Waals surface area contributed by atoms with E-state index in [-0.39, 0.29) is 0 Å². The van der Waals surface area contributed by atoms with Gasteiger partial charge in [0.1, 0.15) is 0 Å². The van der Waals surface area contributed by atoms with Gasteiger partial charge in [0.25, 0.3) is 0 Å². The van der Waals surface area contributed by atoms with E-state index in [0.717, 1.165) is 6.42 Å². The van der Waals surface area contributed by atoms with Crippen LogP contribution < -0.4 is 0 Å². The molecule has 1 aliphatic carbocycles. The maximum absolute atomic E-state index is 2.33. The van der Waals surface area contributed by atoms with Gasteiger partial charge in [0, 0.05) is 5.25 Å². The van der Waals surface area contributed by atoms with E-state index in [9.17, 15) is 0 Å². The SMILES string of the molecule is CCCCCCCSC1C=CCC=C1. The van der Waals surface area contributed by atoms with Gasteiger partial charge in [-0.2, -0.15) is 11.8 Å². The van der Waals surface area contributed by atoms with Crippen LogP contribution in [0.15, 0.2) is 24.3 Å². The zero-order valence-electron chi connectivity index (χ0n) is 9.24. The number of rotatable bonds is 7. The van der Waals surface area contributed by atoms with Gasteiger partial charge in [0.05, 0.1) is 0 Å². The van der Waals surface area contributed by atoms with Crippen LogP contribution >= 0.6 is 11.8 Å². The first-order chi connectivity index (χ1) is 6.93. The summed E-state index contributed by atoms with van der Waals surface area (Å²) < 4.78 is 0. The van der Waals surface area contributed by atoms with E-state index >= 15 is 0 Å². The predicted octanol–water partition coefficient (Wildman–Crippen LogP) is 4.57. The van der Waals surface area contributed by atoms with Gasteiger partial charge in [-0.25, -0.2) is 0 Å². The van der Waals surface area contributed by atoms with E-state index in [1.807, 2.05) is 0 Å². The molecule has 1 rings (SSSR count). The molecule has 0 saturated heterocycles. The van der Waals surface area contributed by atoms with Gasteiger partial charge in [0.2, 0.25) is 0 Å². The zero-order chi connectivity index (χ0) is 10.1. The van der Waals surface area contributed by atoms with Crippen molar-refractivity contribution in [3.05, 3.63) is 24.3 Å². The molecule has 0 amide bonds. The molecule has 14 heavy (non-hydrogen) atoms. The quantitative estimate of drug-likeness (QED) is 0.438. The van der Waals surface area contributed by atoms with Crippen LogP contribution in [0.1, 0.15) is 45.4 Å². The van der Waals surface area contributed by atoms with Crippen LogP contribution in [0.4, 0.5) is 0 Å². The van der Waals surface area contributed by atoms with Crippen LogP contribution in [0.5, 0.6) is 0 Å². The minimum atomic E-state index is 0.662. The molecule has 1 aliphatic rings. The molecule has 0 aromatic carbocycles. The zero-order valence-corrected chi connectivity index (χ0v) is 10.1. The van der Waals surface area contributed by atoms with Crippen molar-refractivity contribution in [3.63, 3.8) is 0 Å². The molecule has 0 aliphatic heterocycles. The molecule has 0 fully saturated rings. The van der Waals surface area contributed by atoms with Crippen molar-refractivity contribution in [3.8, 4) is 0 Å². The Kier molecular flexibility index (Phi) is 6.94. The molecule has 0 N–H and O–H groups in total. The van der Waals surface area contributed by atoms with Gasteiger partial charge in [0.15, 0.2) is 0 Å². The van der Waals surface area contributed by atoms with Crippen molar-refractivity contribution in [2.24, 2.45) is 0 Å². The lowest BCUT2D eigenvalue weighted by Crippen LogP contribution is -1.97. The summed E-state index contributed by atoms with van der Waals surface area (Å²) in [5.41, 5.74) is 0. The van der Waals surface area contributed by atoms with E-state index in [4.69, 9.17) is 0 Å². The second-order valence-corrected chi connectivity index (χ2v) is 5.13. The monoisotopic (exact) mass is 210 g/mol. The fourth-order valence-electron chi connectivity index (χ4n) is 1.60. The largest absolute Gasteiger partial charge is 0.150 e. The van der Waals surface area contributed by atoms with Crippen LogP contribution in [0.25, 0.3) is 0 Å². The van der Waals surface area contributed by atoms with E-state index < -0.39 is 0 Å². The van der Waals surface area contributed by atoms with Gasteiger partial charge in [-0.1, -0.05) is 56.9 Å². The summed E-state index contributed by atoms with van der Waals surface area (Å²) in [5, 5.41) is 0.662. The molecule has 1 heteroatoms. The number of unbranched alkanes of at least 4 members (excludes halogenated alkanes) is 4. The first kappa shape index (κ1) is 11.9. The molecular weight excluding hydrogens is 188 g/mol. The summed E-state index contributed by atoms with van der Waals surface area (Å²) in [7, 11) is 0. The summed E-state index contributed by atoms with van der Waals surface area (Å²) in [5.74, 6) is 1.32. The Morgan fingerprint density at radius 3 is 2.50 bits per heavy atom. The highest BCUT2D eigenvalue weighted by Gasteiger charge is 2.02. The van der Waals surface area contributed by atoms with Crippen molar-refractivity contribution >= 4 is 11.8 Å². The molecule has 0 atom stereocenters. The summed E-state index contributed by atoms with van der Waals surface area (Å²) in [6, 6.07) is 0. The Hall–Kier alpha value is -0.170. The molecule has 0 saturated carbocycles. The Morgan fingerprint density at radius 1 is 1.07 bits per heavy atom.